The van der Waals surface area contributed by atoms with Crippen LogP contribution in [0, 0.1) is 13.8 Å². The molecule has 0 spiro atoms. The third kappa shape index (κ3) is 4.33. The van der Waals surface area contributed by atoms with Gasteiger partial charge in [-0.2, -0.15) is 0 Å². The molecule has 0 radical (unpaired) electrons. The van der Waals surface area contributed by atoms with Crippen molar-refractivity contribution in [3.05, 3.63) is 82.7 Å². The van der Waals surface area contributed by atoms with Crippen LogP contribution in [-0.4, -0.2) is 35.9 Å². The van der Waals surface area contributed by atoms with Gasteiger partial charge in [0.05, 0.1) is 23.4 Å². The van der Waals surface area contributed by atoms with E-state index in [1.54, 1.807) is 32.9 Å². The first kappa shape index (κ1) is 21.0. The molecule has 30 heavy (non-hydrogen) atoms. The second kappa shape index (κ2) is 9.22. The zero-order chi connectivity index (χ0) is 21.7. The third-order valence-electron chi connectivity index (χ3n) is 4.76. The first-order valence-electron chi connectivity index (χ1n) is 9.65. The maximum Gasteiger partial charge on any atom is 0.340 e. The maximum absolute atomic E-state index is 12.7. The summed E-state index contributed by atoms with van der Waals surface area (Å²) >= 11 is 0. The van der Waals surface area contributed by atoms with E-state index in [1.807, 2.05) is 42.5 Å². The second-order valence-corrected chi connectivity index (χ2v) is 6.76. The Morgan fingerprint density at radius 3 is 2.23 bits per heavy atom. The van der Waals surface area contributed by atoms with E-state index < -0.39 is 24.3 Å². The smallest absolute Gasteiger partial charge is 0.340 e. The van der Waals surface area contributed by atoms with Gasteiger partial charge in [-0.3, -0.25) is 4.79 Å². The van der Waals surface area contributed by atoms with Crippen molar-refractivity contribution in [3.63, 3.8) is 0 Å². The average molecular weight is 405 g/mol. The topological polar surface area (TPSA) is 85.5 Å². The van der Waals surface area contributed by atoms with Gasteiger partial charge in [-0.15, -0.1) is 0 Å². The van der Waals surface area contributed by atoms with Gasteiger partial charge < -0.3 is 14.5 Å². The largest absolute Gasteiger partial charge is 0.462 e. The van der Waals surface area contributed by atoms with Gasteiger partial charge in [0.15, 0.2) is 6.61 Å². The molecule has 0 saturated heterocycles. The third-order valence-corrected chi connectivity index (χ3v) is 4.76. The molecule has 0 bridgehead atoms. The minimum atomic E-state index is -0.589. The highest BCUT2D eigenvalue weighted by Gasteiger charge is 2.24. The number of hydrogen-bond acceptors (Lipinski definition) is 5. The first-order chi connectivity index (χ1) is 14.4. The fourth-order valence-electron chi connectivity index (χ4n) is 3.35. The van der Waals surface area contributed by atoms with Crippen LogP contribution < -0.4 is 0 Å². The van der Waals surface area contributed by atoms with Crippen molar-refractivity contribution < 1.29 is 23.9 Å². The van der Waals surface area contributed by atoms with Gasteiger partial charge in [-0.05, 0) is 43.5 Å². The summed E-state index contributed by atoms with van der Waals surface area (Å²) in [5.74, 6) is -1.50. The number of aromatic nitrogens is 1. The molecule has 6 nitrogen and oxygen atoms in total. The van der Waals surface area contributed by atoms with Crippen LogP contribution in [0.15, 0.2) is 54.6 Å². The summed E-state index contributed by atoms with van der Waals surface area (Å²) in [5, 5.41) is 0. The maximum atomic E-state index is 12.7. The molecular formula is C24H23NO5. The number of esters is 2. The van der Waals surface area contributed by atoms with E-state index >= 15 is 0 Å². The molecule has 0 aliphatic carbocycles. The van der Waals surface area contributed by atoms with Gasteiger partial charge in [0, 0.05) is 5.69 Å². The highest BCUT2D eigenvalue weighted by molar-refractivity contribution is 6.04. The lowest BCUT2D eigenvalue weighted by Crippen LogP contribution is -2.16. The van der Waals surface area contributed by atoms with Crippen molar-refractivity contribution in [1.82, 2.24) is 4.98 Å². The molecule has 0 fully saturated rings. The van der Waals surface area contributed by atoms with Crippen molar-refractivity contribution in [3.8, 4) is 11.1 Å². The fourth-order valence-corrected chi connectivity index (χ4v) is 3.35. The zero-order valence-electron chi connectivity index (χ0n) is 17.2. The summed E-state index contributed by atoms with van der Waals surface area (Å²) in [7, 11) is 0. The Labute approximate surface area is 174 Å². The zero-order valence-corrected chi connectivity index (χ0v) is 17.2. The van der Waals surface area contributed by atoms with Crippen LogP contribution in [-0.2, 0) is 9.47 Å². The molecule has 1 heterocycles. The van der Waals surface area contributed by atoms with Crippen LogP contribution in [0.5, 0.6) is 0 Å². The van der Waals surface area contributed by atoms with E-state index in [4.69, 9.17) is 9.47 Å². The lowest BCUT2D eigenvalue weighted by molar-refractivity contribution is 0.0473. The molecule has 0 saturated carbocycles. The SMILES string of the molecule is CCOC(=O)c1c(C)[nH]c(C(=O)COC(=O)c2ccccc2-c2ccccc2)c1C. The molecule has 2 aromatic carbocycles. The number of aromatic amines is 1. The number of Topliss-reactive ketones (excluding diaryl/α,β-unsaturated/α-hetero) is 1. The lowest BCUT2D eigenvalue weighted by Gasteiger charge is -2.09. The molecule has 0 aliphatic rings. The van der Waals surface area contributed by atoms with Crippen molar-refractivity contribution in [2.24, 2.45) is 0 Å². The van der Waals surface area contributed by atoms with E-state index in [1.165, 1.54) is 0 Å². The van der Waals surface area contributed by atoms with Crippen molar-refractivity contribution in [2.75, 3.05) is 13.2 Å². The molecular weight excluding hydrogens is 382 g/mol. The number of nitrogens with one attached hydrogen (secondary N) is 1. The molecule has 6 heteroatoms. The summed E-state index contributed by atoms with van der Waals surface area (Å²) in [6.07, 6.45) is 0. The molecule has 154 valence electrons. The number of rotatable bonds is 7. The molecule has 1 aromatic heterocycles. The van der Waals surface area contributed by atoms with Crippen LogP contribution in [0.3, 0.4) is 0 Å². The highest BCUT2D eigenvalue weighted by atomic mass is 16.5. The number of carbonyl (C=O) groups excluding carboxylic acids is 3. The second-order valence-electron chi connectivity index (χ2n) is 6.76. The first-order valence-corrected chi connectivity index (χ1v) is 9.65. The highest BCUT2D eigenvalue weighted by Crippen LogP contribution is 2.24. The Bertz CT molecular complexity index is 1080. The summed E-state index contributed by atoms with van der Waals surface area (Å²) in [6, 6.07) is 16.6. The van der Waals surface area contributed by atoms with E-state index in [9.17, 15) is 14.4 Å². The number of aryl methyl sites for hydroxylation is 1. The lowest BCUT2D eigenvalue weighted by atomic mass is 10.00. The number of hydrogen-bond donors (Lipinski definition) is 1. The Hall–Kier alpha value is -3.67. The Morgan fingerprint density at radius 2 is 1.53 bits per heavy atom. The van der Waals surface area contributed by atoms with Gasteiger partial charge in [0.2, 0.25) is 5.78 Å². The monoisotopic (exact) mass is 405 g/mol. The molecule has 1 N–H and O–H groups in total. The van der Waals surface area contributed by atoms with Crippen LogP contribution in [0.2, 0.25) is 0 Å². The predicted molar refractivity (Wildman–Crippen MR) is 113 cm³/mol. The van der Waals surface area contributed by atoms with Crippen molar-refractivity contribution in [1.29, 1.82) is 0 Å². The van der Waals surface area contributed by atoms with Crippen molar-refractivity contribution >= 4 is 17.7 Å². The number of benzene rings is 2. The molecule has 3 aromatic rings. The standard InChI is InChI=1S/C24H23NO5/c1-4-29-24(28)21-15(2)22(25-16(21)3)20(26)14-30-23(27)19-13-9-8-12-18(19)17-10-6-5-7-11-17/h5-13,25H,4,14H2,1-3H3. The summed E-state index contributed by atoms with van der Waals surface area (Å²) in [5.41, 5.74) is 3.58. The number of ether oxygens (including phenoxy) is 2. The minimum absolute atomic E-state index is 0.236. The minimum Gasteiger partial charge on any atom is -0.462 e. The quantitative estimate of drug-likeness (QED) is 0.462. The molecule has 0 aliphatic heterocycles. The average Bonchev–Trinajstić information content (AvgIpc) is 3.06. The predicted octanol–water partition coefficient (Wildman–Crippen LogP) is 4.51. The van der Waals surface area contributed by atoms with Crippen LogP contribution in [0.4, 0.5) is 0 Å². The Kier molecular flexibility index (Phi) is 6.47. The molecule has 0 unspecified atom stereocenters. The van der Waals surface area contributed by atoms with Crippen LogP contribution in [0.1, 0.15) is 49.4 Å². The number of H-pyrrole nitrogens is 1. The Balaban J connectivity index is 1.76. The molecule has 0 atom stereocenters. The number of ketones is 1. The van der Waals surface area contributed by atoms with E-state index in [-0.39, 0.29) is 12.3 Å². The van der Waals surface area contributed by atoms with Gasteiger partial charge in [-0.25, -0.2) is 9.59 Å². The van der Waals surface area contributed by atoms with Crippen LogP contribution in [0.25, 0.3) is 11.1 Å². The van der Waals surface area contributed by atoms with Gasteiger partial charge >= 0.3 is 11.9 Å². The molecule has 3 rings (SSSR count). The summed E-state index contributed by atoms with van der Waals surface area (Å²) < 4.78 is 10.3. The van der Waals surface area contributed by atoms with Crippen molar-refractivity contribution in [2.45, 2.75) is 20.8 Å². The Morgan fingerprint density at radius 1 is 0.867 bits per heavy atom. The van der Waals surface area contributed by atoms with Crippen LogP contribution >= 0.6 is 0 Å². The van der Waals surface area contributed by atoms with E-state index in [2.05, 4.69) is 4.98 Å². The van der Waals surface area contributed by atoms with Gasteiger partial charge in [-0.1, -0.05) is 48.5 Å². The van der Waals surface area contributed by atoms with Gasteiger partial charge in [0.25, 0.3) is 0 Å². The molecule has 0 amide bonds. The number of carbonyl (C=O) groups is 3. The van der Waals surface area contributed by atoms with E-state index in [0.29, 0.717) is 22.4 Å². The van der Waals surface area contributed by atoms with Gasteiger partial charge in [0.1, 0.15) is 0 Å². The fraction of sp³-hybridized carbons (Fsp3) is 0.208. The summed E-state index contributed by atoms with van der Waals surface area (Å²) in [4.78, 5) is 40.3. The normalized spacial score (nSPS) is 10.5. The van der Waals surface area contributed by atoms with E-state index in [0.717, 1.165) is 11.1 Å². The summed E-state index contributed by atoms with van der Waals surface area (Å²) in [6.45, 7) is 4.87.